The first-order chi connectivity index (χ1) is 11.8. The van der Waals surface area contributed by atoms with Gasteiger partial charge in [0, 0.05) is 24.3 Å². The highest BCUT2D eigenvalue weighted by Gasteiger charge is 2.30. The van der Waals surface area contributed by atoms with Gasteiger partial charge in [-0.1, -0.05) is 30.3 Å². The van der Waals surface area contributed by atoms with Crippen molar-refractivity contribution >= 4 is 23.4 Å². The molecule has 0 radical (unpaired) electrons. The van der Waals surface area contributed by atoms with Gasteiger partial charge in [0.2, 0.25) is 0 Å². The molecule has 1 N–H and O–H groups in total. The van der Waals surface area contributed by atoms with E-state index >= 15 is 0 Å². The van der Waals surface area contributed by atoms with Crippen LogP contribution >= 0.6 is 0 Å². The number of hydrogen-bond acceptors (Lipinski definition) is 4. The number of carbonyl (C=O) groups excluding carboxylic acids is 1. The number of methoxy groups -OCH3 is 1. The number of fused-ring (bicyclic) bond motifs is 1. The van der Waals surface area contributed by atoms with Gasteiger partial charge < -0.3 is 10.1 Å². The maximum Gasteiger partial charge on any atom is 0.166 e. The molecule has 2 aromatic rings. The SMILES string of the molecule is COc1ccccc1C1CC(=O)C2=C(C1)Nc1ccccc1N=C2. The van der Waals surface area contributed by atoms with Crippen LogP contribution in [0.3, 0.4) is 0 Å². The minimum Gasteiger partial charge on any atom is -0.496 e. The molecule has 1 atom stereocenters. The van der Waals surface area contributed by atoms with E-state index < -0.39 is 0 Å². The third-order valence-corrected chi connectivity index (χ3v) is 4.61. The highest BCUT2D eigenvalue weighted by molar-refractivity contribution is 6.16. The average Bonchev–Trinajstić information content (AvgIpc) is 2.81. The number of ether oxygens (including phenoxy) is 1. The van der Waals surface area contributed by atoms with Gasteiger partial charge in [0.05, 0.1) is 24.1 Å². The van der Waals surface area contributed by atoms with Crippen LogP contribution in [0.25, 0.3) is 0 Å². The molecule has 0 spiro atoms. The number of hydrogen-bond donors (Lipinski definition) is 1. The largest absolute Gasteiger partial charge is 0.496 e. The smallest absolute Gasteiger partial charge is 0.166 e. The van der Waals surface area contributed by atoms with Crippen LogP contribution in [0.15, 0.2) is 64.8 Å². The number of nitrogens with one attached hydrogen (secondary N) is 1. The fourth-order valence-electron chi connectivity index (χ4n) is 3.41. The van der Waals surface area contributed by atoms with Gasteiger partial charge in [-0.2, -0.15) is 0 Å². The molecule has 0 saturated heterocycles. The Morgan fingerprint density at radius 2 is 1.88 bits per heavy atom. The summed E-state index contributed by atoms with van der Waals surface area (Å²) >= 11 is 0. The summed E-state index contributed by atoms with van der Waals surface area (Å²) in [6.45, 7) is 0. The van der Waals surface area contributed by atoms with Gasteiger partial charge in [-0.15, -0.1) is 0 Å². The number of aliphatic imine (C=N–C) groups is 1. The molecule has 2 aromatic carbocycles. The van der Waals surface area contributed by atoms with Crippen molar-refractivity contribution in [3.8, 4) is 5.75 Å². The standard InChI is InChI=1S/C20H18N2O2/c1-24-20-9-5-2-6-14(20)13-10-18-15(19(23)11-13)12-21-16-7-3-4-8-17(16)22-18/h2-9,12-13,22H,10-11H2,1H3. The van der Waals surface area contributed by atoms with Crippen molar-refractivity contribution in [2.24, 2.45) is 4.99 Å². The van der Waals surface area contributed by atoms with Crippen LogP contribution in [0.4, 0.5) is 11.4 Å². The first-order valence-corrected chi connectivity index (χ1v) is 8.05. The van der Waals surface area contributed by atoms with Crippen molar-refractivity contribution in [2.45, 2.75) is 18.8 Å². The lowest BCUT2D eigenvalue weighted by Gasteiger charge is -2.26. The summed E-state index contributed by atoms with van der Waals surface area (Å²) in [7, 11) is 1.67. The third kappa shape index (κ3) is 2.50. The summed E-state index contributed by atoms with van der Waals surface area (Å²) < 4.78 is 5.48. The van der Waals surface area contributed by atoms with Crippen molar-refractivity contribution in [1.29, 1.82) is 0 Å². The highest BCUT2D eigenvalue weighted by atomic mass is 16.5. The molecular formula is C20H18N2O2. The monoisotopic (exact) mass is 318 g/mol. The zero-order valence-electron chi connectivity index (χ0n) is 13.5. The molecule has 0 saturated carbocycles. The summed E-state index contributed by atoms with van der Waals surface area (Å²) in [6, 6.07) is 15.8. The summed E-state index contributed by atoms with van der Waals surface area (Å²) in [5.41, 5.74) is 4.50. The molecule has 1 heterocycles. The van der Waals surface area contributed by atoms with Gasteiger partial charge in [0.15, 0.2) is 5.78 Å². The van der Waals surface area contributed by atoms with Crippen molar-refractivity contribution in [3.05, 3.63) is 65.4 Å². The van der Waals surface area contributed by atoms with Crippen molar-refractivity contribution < 1.29 is 9.53 Å². The first-order valence-electron chi connectivity index (χ1n) is 8.05. The topological polar surface area (TPSA) is 50.7 Å². The number of Topliss-reactive ketones (excluding diaryl/α,β-unsaturated/α-hetero) is 1. The van der Waals surface area contributed by atoms with Crippen LogP contribution < -0.4 is 10.1 Å². The predicted molar refractivity (Wildman–Crippen MR) is 95.2 cm³/mol. The second-order valence-corrected chi connectivity index (χ2v) is 6.06. The van der Waals surface area contributed by atoms with Gasteiger partial charge in [-0.25, -0.2) is 0 Å². The first kappa shape index (κ1) is 14.7. The van der Waals surface area contributed by atoms with E-state index in [-0.39, 0.29) is 11.7 Å². The number of para-hydroxylation sites is 3. The number of ketones is 1. The Hall–Kier alpha value is -2.88. The summed E-state index contributed by atoms with van der Waals surface area (Å²) in [5.74, 6) is 1.07. The molecule has 24 heavy (non-hydrogen) atoms. The number of benzene rings is 2. The Morgan fingerprint density at radius 3 is 2.75 bits per heavy atom. The van der Waals surface area contributed by atoms with E-state index in [0.717, 1.165) is 34.8 Å². The second kappa shape index (κ2) is 5.96. The summed E-state index contributed by atoms with van der Waals surface area (Å²) in [6.07, 6.45) is 2.94. The van der Waals surface area contributed by atoms with E-state index in [0.29, 0.717) is 12.0 Å². The number of nitrogens with zero attached hydrogens (tertiary/aromatic N) is 1. The number of anilines is 1. The zero-order valence-corrected chi connectivity index (χ0v) is 13.5. The van der Waals surface area contributed by atoms with E-state index in [1.54, 1.807) is 13.3 Å². The van der Waals surface area contributed by atoms with Gasteiger partial charge in [-0.3, -0.25) is 9.79 Å². The lowest BCUT2D eigenvalue weighted by atomic mass is 9.81. The molecule has 1 aliphatic carbocycles. The highest BCUT2D eigenvalue weighted by Crippen LogP contribution is 2.40. The lowest BCUT2D eigenvalue weighted by molar-refractivity contribution is -0.115. The maximum atomic E-state index is 12.7. The molecule has 2 aliphatic rings. The van der Waals surface area contributed by atoms with E-state index in [4.69, 9.17) is 4.74 Å². The quantitative estimate of drug-likeness (QED) is 0.902. The molecule has 0 fully saturated rings. The van der Waals surface area contributed by atoms with Crippen molar-refractivity contribution in [3.63, 3.8) is 0 Å². The molecule has 0 amide bonds. The lowest BCUT2D eigenvalue weighted by Crippen LogP contribution is -2.22. The maximum absolute atomic E-state index is 12.7. The van der Waals surface area contributed by atoms with Crippen molar-refractivity contribution in [1.82, 2.24) is 0 Å². The Labute approximate surface area is 140 Å². The number of allylic oxidation sites excluding steroid dienone is 2. The minimum absolute atomic E-state index is 0.110. The second-order valence-electron chi connectivity index (χ2n) is 6.06. The fourth-order valence-corrected chi connectivity index (χ4v) is 3.41. The average molecular weight is 318 g/mol. The van der Waals surface area contributed by atoms with Crippen LogP contribution in [0.5, 0.6) is 5.75 Å². The molecule has 0 aromatic heterocycles. The van der Waals surface area contributed by atoms with Gasteiger partial charge in [-0.05, 0) is 30.2 Å². The Morgan fingerprint density at radius 1 is 1.08 bits per heavy atom. The van der Waals surface area contributed by atoms with Crippen LogP contribution in [0.2, 0.25) is 0 Å². The molecular weight excluding hydrogens is 300 g/mol. The molecule has 4 heteroatoms. The van der Waals surface area contributed by atoms with Crippen molar-refractivity contribution in [2.75, 3.05) is 12.4 Å². The normalized spacial score (nSPS) is 19.2. The van der Waals surface area contributed by atoms with Crippen LogP contribution in [-0.2, 0) is 4.79 Å². The number of carbonyl (C=O) groups is 1. The van der Waals surface area contributed by atoms with Crippen LogP contribution in [-0.4, -0.2) is 19.1 Å². The molecule has 120 valence electrons. The predicted octanol–water partition coefficient (Wildman–Crippen LogP) is 4.22. The molecule has 4 nitrogen and oxygen atoms in total. The van der Waals surface area contributed by atoms with Crippen LogP contribution in [0.1, 0.15) is 24.3 Å². The Bertz CT molecular complexity index is 867. The minimum atomic E-state index is 0.110. The van der Waals surface area contributed by atoms with Crippen LogP contribution in [0, 0.1) is 0 Å². The molecule has 4 rings (SSSR count). The molecule has 1 unspecified atom stereocenters. The van der Waals surface area contributed by atoms with Gasteiger partial charge in [0.25, 0.3) is 0 Å². The van der Waals surface area contributed by atoms with Gasteiger partial charge >= 0.3 is 0 Å². The molecule has 1 aliphatic heterocycles. The number of rotatable bonds is 2. The third-order valence-electron chi connectivity index (χ3n) is 4.61. The molecule has 0 bridgehead atoms. The van der Waals surface area contributed by atoms with Gasteiger partial charge in [0.1, 0.15) is 5.75 Å². The Kier molecular flexibility index (Phi) is 3.65. The van der Waals surface area contributed by atoms with E-state index in [1.807, 2.05) is 48.5 Å². The summed E-state index contributed by atoms with van der Waals surface area (Å²) in [5, 5.41) is 3.42. The summed E-state index contributed by atoms with van der Waals surface area (Å²) in [4.78, 5) is 17.1. The van der Waals surface area contributed by atoms with E-state index in [1.165, 1.54) is 0 Å². The van der Waals surface area contributed by atoms with E-state index in [9.17, 15) is 4.79 Å². The Balaban J connectivity index is 1.71. The zero-order chi connectivity index (χ0) is 16.5. The fraction of sp³-hybridized carbons (Fsp3) is 0.200. The van der Waals surface area contributed by atoms with E-state index in [2.05, 4.69) is 10.3 Å².